The van der Waals surface area contributed by atoms with E-state index in [0.717, 1.165) is 11.1 Å². The molecule has 1 unspecified atom stereocenters. The first-order valence-corrected chi connectivity index (χ1v) is 6.41. The Morgan fingerprint density at radius 2 is 2.11 bits per heavy atom. The first-order chi connectivity index (χ1) is 8.99. The monoisotopic (exact) mass is 265 g/mol. The molecule has 19 heavy (non-hydrogen) atoms. The zero-order chi connectivity index (χ0) is 14.4. The van der Waals surface area contributed by atoms with E-state index < -0.39 is 0 Å². The Labute approximate surface area is 114 Å². The van der Waals surface area contributed by atoms with E-state index in [0.29, 0.717) is 18.0 Å². The lowest BCUT2D eigenvalue weighted by atomic mass is 10.0. The Morgan fingerprint density at radius 1 is 1.42 bits per heavy atom. The minimum atomic E-state index is 0.0863. The van der Waals surface area contributed by atoms with Gasteiger partial charge in [-0.15, -0.1) is 0 Å². The van der Waals surface area contributed by atoms with E-state index in [1.807, 2.05) is 25.1 Å². The summed E-state index contributed by atoms with van der Waals surface area (Å²) in [6.45, 7) is 6.93. The fraction of sp³-hybridized carbons (Fsp3) is 0.500. The molecule has 1 aromatic carbocycles. The van der Waals surface area contributed by atoms with E-state index in [1.165, 1.54) is 0 Å². The van der Waals surface area contributed by atoms with Gasteiger partial charge in [0.2, 0.25) is 0 Å². The van der Waals surface area contributed by atoms with Crippen LogP contribution in [0.2, 0.25) is 0 Å². The van der Waals surface area contributed by atoms with Crippen molar-refractivity contribution >= 4 is 5.84 Å². The van der Waals surface area contributed by atoms with Gasteiger partial charge in [-0.1, -0.05) is 31.1 Å². The van der Waals surface area contributed by atoms with Crippen LogP contribution in [0.5, 0.6) is 0 Å². The molecule has 5 heteroatoms. The average molecular weight is 265 g/mol. The van der Waals surface area contributed by atoms with Crippen LogP contribution in [0.15, 0.2) is 23.4 Å². The minimum Gasteiger partial charge on any atom is -0.409 e. The molecule has 0 amide bonds. The number of rotatable bonds is 6. The van der Waals surface area contributed by atoms with Gasteiger partial charge in [-0.3, -0.25) is 0 Å². The number of aliphatic hydroxyl groups excluding tert-OH is 1. The lowest BCUT2D eigenvalue weighted by Gasteiger charge is -2.20. The number of nitrogens with zero attached hydrogens (tertiary/aromatic N) is 1. The second-order valence-corrected chi connectivity index (χ2v) is 5.04. The van der Waals surface area contributed by atoms with Crippen LogP contribution >= 0.6 is 0 Å². The highest BCUT2D eigenvalue weighted by atomic mass is 16.4. The smallest absolute Gasteiger partial charge is 0.170 e. The van der Waals surface area contributed by atoms with Crippen molar-refractivity contribution in [1.29, 1.82) is 0 Å². The summed E-state index contributed by atoms with van der Waals surface area (Å²) >= 11 is 0. The maximum atomic E-state index is 9.27. The van der Waals surface area contributed by atoms with Crippen LogP contribution in [-0.2, 0) is 6.54 Å². The van der Waals surface area contributed by atoms with Crippen molar-refractivity contribution in [3.05, 3.63) is 34.9 Å². The molecule has 0 aliphatic heterocycles. The summed E-state index contributed by atoms with van der Waals surface area (Å²) in [6, 6.07) is 5.74. The van der Waals surface area contributed by atoms with Crippen LogP contribution in [0.3, 0.4) is 0 Å². The molecule has 5 nitrogen and oxygen atoms in total. The van der Waals surface area contributed by atoms with Crippen molar-refractivity contribution in [2.24, 2.45) is 16.8 Å². The lowest BCUT2D eigenvalue weighted by molar-refractivity contribution is 0.210. The number of nitrogens with two attached hydrogens (primary N) is 1. The normalized spacial score (nSPS) is 13.8. The van der Waals surface area contributed by atoms with E-state index in [2.05, 4.69) is 24.3 Å². The predicted octanol–water partition coefficient (Wildman–Crippen LogP) is 1.20. The van der Waals surface area contributed by atoms with Crippen LogP contribution in [0.25, 0.3) is 0 Å². The van der Waals surface area contributed by atoms with Crippen molar-refractivity contribution in [3.8, 4) is 0 Å². The molecule has 0 radical (unpaired) electrons. The molecule has 1 aromatic rings. The Kier molecular flexibility index (Phi) is 5.79. The summed E-state index contributed by atoms with van der Waals surface area (Å²) in [7, 11) is 0. The minimum absolute atomic E-state index is 0.0863. The van der Waals surface area contributed by atoms with E-state index in [4.69, 9.17) is 10.9 Å². The van der Waals surface area contributed by atoms with Gasteiger partial charge in [0.05, 0.1) is 6.61 Å². The van der Waals surface area contributed by atoms with Crippen LogP contribution in [-0.4, -0.2) is 28.8 Å². The average Bonchev–Trinajstić information content (AvgIpc) is 2.39. The van der Waals surface area contributed by atoms with Crippen molar-refractivity contribution in [3.63, 3.8) is 0 Å². The zero-order valence-corrected chi connectivity index (χ0v) is 11.7. The topological polar surface area (TPSA) is 90.9 Å². The van der Waals surface area contributed by atoms with E-state index in [1.54, 1.807) is 0 Å². The van der Waals surface area contributed by atoms with Gasteiger partial charge >= 0.3 is 0 Å². The number of benzene rings is 1. The zero-order valence-electron chi connectivity index (χ0n) is 11.7. The number of aliphatic hydroxyl groups is 1. The summed E-state index contributed by atoms with van der Waals surface area (Å²) in [5, 5.41) is 24.2. The highest BCUT2D eigenvalue weighted by molar-refractivity contribution is 5.97. The number of amidine groups is 1. The highest BCUT2D eigenvalue weighted by Gasteiger charge is 2.12. The van der Waals surface area contributed by atoms with Crippen molar-refractivity contribution in [2.75, 3.05) is 6.61 Å². The van der Waals surface area contributed by atoms with Crippen LogP contribution in [0, 0.1) is 12.8 Å². The van der Waals surface area contributed by atoms with Gasteiger partial charge in [0, 0.05) is 18.2 Å². The Morgan fingerprint density at radius 3 is 2.58 bits per heavy atom. The first kappa shape index (κ1) is 15.5. The fourth-order valence-corrected chi connectivity index (χ4v) is 1.86. The van der Waals surface area contributed by atoms with Gasteiger partial charge in [0.25, 0.3) is 0 Å². The number of hydrogen-bond donors (Lipinski definition) is 4. The van der Waals surface area contributed by atoms with Gasteiger partial charge in [-0.05, 0) is 30.0 Å². The molecule has 0 spiro atoms. The number of hydrogen-bond acceptors (Lipinski definition) is 4. The molecule has 0 saturated carbocycles. The SMILES string of the molecule is Cc1cc(/C(N)=N/O)ccc1CNC(CO)C(C)C. The van der Waals surface area contributed by atoms with Crippen LogP contribution < -0.4 is 11.1 Å². The maximum absolute atomic E-state index is 9.27. The van der Waals surface area contributed by atoms with E-state index >= 15 is 0 Å². The molecule has 0 fully saturated rings. The lowest BCUT2D eigenvalue weighted by Crippen LogP contribution is -2.36. The van der Waals surface area contributed by atoms with Crippen molar-refractivity contribution in [1.82, 2.24) is 5.32 Å². The third-order valence-corrected chi connectivity index (χ3v) is 3.30. The molecule has 5 N–H and O–H groups in total. The molecule has 1 atom stereocenters. The first-order valence-electron chi connectivity index (χ1n) is 6.41. The molecule has 0 aromatic heterocycles. The number of oxime groups is 1. The number of nitrogens with one attached hydrogen (secondary N) is 1. The molecule has 0 heterocycles. The Hall–Kier alpha value is -1.59. The Bertz CT molecular complexity index is 444. The summed E-state index contributed by atoms with van der Waals surface area (Å²) in [5.74, 6) is 0.486. The largest absolute Gasteiger partial charge is 0.409 e. The standard InChI is InChI=1S/C14H23N3O2/c1-9(2)13(8-18)16-7-12-5-4-11(6-10(12)3)14(15)17-19/h4-6,9,13,16,18-19H,7-8H2,1-3H3,(H2,15,17). The number of aryl methyl sites for hydroxylation is 1. The van der Waals surface area contributed by atoms with Crippen LogP contribution in [0.4, 0.5) is 0 Å². The molecule has 0 saturated heterocycles. The third-order valence-electron chi connectivity index (χ3n) is 3.30. The van der Waals surface area contributed by atoms with Gasteiger partial charge < -0.3 is 21.4 Å². The van der Waals surface area contributed by atoms with E-state index in [9.17, 15) is 5.11 Å². The molecule has 106 valence electrons. The second kappa shape index (κ2) is 7.11. The van der Waals surface area contributed by atoms with Gasteiger partial charge in [-0.2, -0.15) is 0 Å². The Balaban J connectivity index is 2.75. The quantitative estimate of drug-likeness (QED) is 0.269. The molecular weight excluding hydrogens is 242 g/mol. The molecule has 0 aliphatic carbocycles. The van der Waals surface area contributed by atoms with Gasteiger partial charge in [0.15, 0.2) is 5.84 Å². The second-order valence-electron chi connectivity index (χ2n) is 5.04. The van der Waals surface area contributed by atoms with Crippen molar-refractivity contribution in [2.45, 2.75) is 33.4 Å². The van der Waals surface area contributed by atoms with Gasteiger partial charge in [0.1, 0.15) is 0 Å². The highest BCUT2D eigenvalue weighted by Crippen LogP contribution is 2.12. The maximum Gasteiger partial charge on any atom is 0.170 e. The third kappa shape index (κ3) is 4.22. The molecule has 0 bridgehead atoms. The summed E-state index contributed by atoms with van der Waals surface area (Å²) in [6.07, 6.45) is 0. The molecule has 0 aliphatic rings. The van der Waals surface area contributed by atoms with E-state index in [-0.39, 0.29) is 18.5 Å². The van der Waals surface area contributed by atoms with Crippen LogP contribution in [0.1, 0.15) is 30.5 Å². The summed E-state index contributed by atoms with van der Waals surface area (Å²) < 4.78 is 0. The molecular formula is C14H23N3O2. The fourth-order valence-electron chi connectivity index (χ4n) is 1.86. The van der Waals surface area contributed by atoms with Crippen molar-refractivity contribution < 1.29 is 10.3 Å². The summed E-state index contributed by atoms with van der Waals surface area (Å²) in [4.78, 5) is 0. The summed E-state index contributed by atoms with van der Waals surface area (Å²) in [5.41, 5.74) is 8.45. The predicted molar refractivity (Wildman–Crippen MR) is 76.2 cm³/mol. The van der Waals surface area contributed by atoms with Gasteiger partial charge in [-0.25, -0.2) is 0 Å². The molecule has 1 rings (SSSR count).